The maximum absolute atomic E-state index is 6.12. The molecule has 2 unspecified atom stereocenters. The predicted molar refractivity (Wildman–Crippen MR) is 77.5 cm³/mol. The molecule has 3 rings (SSSR count). The van der Waals surface area contributed by atoms with Crippen molar-refractivity contribution in [2.24, 2.45) is 5.92 Å². The van der Waals surface area contributed by atoms with Gasteiger partial charge in [-0.25, -0.2) is 0 Å². The van der Waals surface area contributed by atoms with Crippen LogP contribution < -0.4 is 0 Å². The highest BCUT2D eigenvalue weighted by Gasteiger charge is 2.55. The second-order valence-corrected chi connectivity index (χ2v) is 5.65. The monoisotopic (exact) mass is 276 g/mol. The Labute approximate surface area is 118 Å². The van der Waals surface area contributed by atoms with Crippen LogP contribution in [0, 0.1) is 5.92 Å². The average molecular weight is 277 g/mol. The summed E-state index contributed by atoms with van der Waals surface area (Å²) in [6.07, 6.45) is 1.11. The van der Waals surface area contributed by atoms with Crippen molar-refractivity contribution in [2.75, 3.05) is 5.88 Å². The van der Waals surface area contributed by atoms with Gasteiger partial charge in [-0.05, 0) is 35.6 Å². The molecule has 1 aliphatic rings. The molecule has 0 radical (unpaired) electrons. The third-order valence-electron chi connectivity index (χ3n) is 3.92. The number of benzene rings is 2. The number of rotatable bonds is 3. The molecule has 1 aliphatic carbocycles. The number of hydrogen-bond donors (Lipinski definition) is 0. The molecule has 0 N–H and O–H groups in total. The van der Waals surface area contributed by atoms with Crippen LogP contribution >= 0.6 is 23.2 Å². The standard InChI is InChI=1S/C16H14Cl2/c17-11-14-10-16(14,12-5-2-1-3-6-12)13-7-4-8-15(18)9-13/h1-9,14H,10-11H2. The molecule has 2 heteroatoms. The van der Waals surface area contributed by atoms with Crippen molar-refractivity contribution in [3.8, 4) is 0 Å². The first-order valence-corrected chi connectivity index (χ1v) is 7.06. The van der Waals surface area contributed by atoms with Crippen molar-refractivity contribution in [2.45, 2.75) is 11.8 Å². The molecule has 2 aromatic carbocycles. The number of halogens is 2. The van der Waals surface area contributed by atoms with Gasteiger partial charge in [0, 0.05) is 16.3 Å². The SMILES string of the molecule is ClCC1CC1(c1ccccc1)c1cccc(Cl)c1. The lowest BCUT2D eigenvalue weighted by atomic mass is 9.86. The van der Waals surface area contributed by atoms with Gasteiger partial charge >= 0.3 is 0 Å². The summed E-state index contributed by atoms with van der Waals surface area (Å²) in [5.41, 5.74) is 2.71. The topological polar surface area (TPSA) is 0 Å². The molecule has 0 heterocycles. The van der Waals surface area contributed by atoms with Gasteiger partial charge in [0.1, 0.15) is 0 Å². The van der Waals surface area contributed by atoms with Crippen LogP contribution in [0.5, 0.6) is 0 Å². The van der Waals surface area contributed by atoms with Gasteiger partial charge in [-0.1, -0.05) is 54.1 Å². The quantitative estimate of drug-likeness (QED) is 0.701. The Balaban J connectivity index is 2.09. The Hall–Kier alpha value is -0.980. The minimum Gasteiger partial charge on any atom is -0.126 e. The van der Waals surface area contributed by atoms with E-state index in [1.165, 1.54) is 11.1 Å². The second kappa shape index (κ2) is 4.60. The molecule has 18 heavy (non-hydrogen) atoms. The molecular formula is C16H14Cl2. The van der Waals surface area contributed by atoms with Crippen LogP contribution in [0.3, 0.4) is 0 Å². The van der Waals surface area contributed by atoms with Crippen LogP contribution in [-0.2, 0) is 5.41 Å². The largest absolute Gasteiger partial charge is 0.126 e. The van der Waals surface area contributed by atoms with Crippen molar-refractivity contribution in [3.05, 3.63) is 70.7 Å². The van der Waals surface area contributed by atoms with Gasteiger partial charge in [-0.15, -0.1) is 11.6 Å². The van der Waals surface area contributed by atoms with Crippen LogP contribution in [0.1, 0.15) is 17.5 Å². The van der Waals surface area contributed by atoms with Crippen molar-refractivity contribution in [1.82, 2.24) is 0 Å². The summed E-state index contributed by atoms with van der Waals surface area (Å²) in [7, 11) is 0. The fourth-order valence-corrected chi connectivity index (χ4v) is 3.45. The Morgan fingerprint density at radius 2 is 1.72 bits per heavy atom. The fraction of sp³-hybridized carbons (Fsp3) is 0.250. The summed E-state index contributed by atoms with van der Waals surface area (Å²) >= 11 is 12.2. The highest BCUT2D eigenvalue weighted by atomic mass is 35.5. The highest BCUT2D eigenvalue weighted by Crippen LogP contribution is 2.59. The van der Waals surface area contributed by atoms with E-state index in [4.69, 9.17) is 23.2 Å². The molecule has 0 saturated heterocycles. The van der Waals surface area contributed by atoms with Crippen molar-refractivity contribution in [3.63, 3.8) is 0 Å². The van der Waals surface area contributed by atoms with E-state index in [0.717, 1.165) is 11.4 Å². The molecule has 92 valence electrons. The first-order valence-electron chi connectivity index (χ1n) is 6.15. The Bertz CT molecular complexity index is 550. The lowest BCUT2D eigenvalue weighted by molar-refractivity contribution is 0.754. The molecule has 0 bridgehead atoms. The lowest BCUT2D eigenvalue weighted by Gasteiger charge is -2.18. The van der Waals surface area contributed by atoms with E-state index in [0.29, 0.717) is 11.8 Å². The minimum atomic E-state index is 0.0773. The number of hydrogen-bond acceptors (Lipinski definition) is 0. The normalized spacial score (nSPS) is 26.0. The zero-order valence-corrected chi connectivity index (χ0v) is 11.5. The summed E-state index contributed by atoms with van der Waals surface area (Å²) < 4.78 is 0. The molecule has 2 atom stereocenters. The average Bonchev–Trinajstić information content (AvgIpc) is 3.15. The summed E-state index contributed by atoms with van der Waals surface area (Å²) in [6.45, 7) is 0. The Morgan fingerprint density at radius 1 is 1.00 bits per heavy atom. The van der Waals surface area contributed by atoms with Crippen LogP contribution in [0.2, 0.25) is 5.02 Å². The van der Waals surface area contributed by atoms with Crippen LogP contribution in [0.4, 0.5) is 0 Å². The van der Waals surface area contributed by atoms with Gasteiger partial charge in [0.25, 0.3) is 0 Å². The summed E-state index contributed by atoms with van der Waals surface area (Å²) in [5, 5.41) is 0.794. The summed E-state index contributed by atoms with van der Waals surface area (Å²) in [5.74, 6) is 1.21. The van der Waals surface area contributed by atoms with Crippen molar-refractivity contribution < 1.29 is 0 Å². The number of alkyl halides is 1. The lowest BCUT2D eigenvalue weighted by Crippen LogP contribution is -2.12. The zero-order chi connectivity index (χ0) is 12.6. The van der Waals surface area contributed by atoms with Gasteiger partial charge in [-0.2, -0.15) is 0 Å². The van der Waals surface area contributed by atoms with Gasteiger partial charge in [0.15, 0.2) is 0 Å². The van der Waals surface area contributed by atoms with Crippen LogP contribution in [0.15, 0.2) is 54.6 Å². The fourth-order valence-electron chi connectivity index (χ4n) is 2.89. The summed E-state index contributed by atoms with van der Waals surface area (Å²) in [6, 6.07) is 18.8. The molecule has 0 aromatic heterocycles. The molecular weight excluding hydrogens is 263 g/mol. The van der Waals surface area contributed by atoms with Gasteiger partial charge in [0.2, 0.25) is 0 Å². The van der Waals surface area contributed by atoms with E-state index in [-0.39, 0.29) is 5.41 Å². The first-order chi connectivity index (χ1) is 8.77. The Morgan fingerprint density at radius 3 is 2.33 bits per heavy atom. The molecule has 2 aromatic rings. The first kappa shape index (κ1) is 12.1. The van der Waals surface area contributed by atoms with E-state index in [1.807, 2.05) is 18.2 Å². The maximum atomic E-state index is 6.12. The Kier molecular flexibility index (Phi) is 3.09. The minimum absolute atomic E-state index is 0.0773. The van der Waals surface area contributed by atoms with Crippen LogP contribution in [0.25, 0.3) is 0 Å². The third-order valence-corrected chi connectivity index (χ3v) is 4.53. The van der Waals surface area contributed by atoms with Crippen LogP contribution in [-0.4, -0.2) is 5.88 Å². The van der Waals surface area contributed by atoms with Gasteiger partial charge < -0.3 is 0 Å². The molecule has 1 saturated carbocycles. The van der Waals surface area contributed by atoms with E-state index < -0.39 is 0 Å². The summed E-state index contributed by atoms with van der Waals surface area (Å²) in [4.78, 5) is 0. The molecule has 0 amide bonds. The molecule has 0 spiro atoms. The predicted octanol–water partition coefficient (Wildman–Crippen LogP) is 4.88. The van der Waals surface area contributed by atoms with Gasteiger partial charge in [-0.3, -0.25) is 0 Å². The van der Waals surface area contributed by atoms with Crippen molar-refractivity contribution in [1.29, 1.82) is 0 Å². The van der Waals surface area contributed by atoms with Gasteiger partial charge in [0.05, 0.1) is 0 Å². The zero-order valence-electron chi connectivity index (χ0n) is 9.94. The highest BCUT2D eigenvalue weighted by molar-refractivity contribution is 6.30. The van der Waals surface area contributed by atoms with Crippen molar-refractivity contribution >= 4 is 23.2 Å². The smallest absolute Gasteiger partial charge is 0.0409 e. The van der Waals surface area contributed by atoms with E-state index >= 15 is 0 Å². The molecule has 0 aliphatic heterocycles. The second-order valence-electron chi connectivity index (χ2n) is 4.90. The van der Waals surface area contributed by atoms with E-state index in [1.54, 1.807) is 0 Å². The van der Waals surface area contributed by atoms with E-state index in [9.17, 15) is 0 Å². The third kappa shape index (κ3) is 1.84. The van der Waals surface area contributed by atoms with E-state index in [2.05, 4.69) is 36.4 Å². The molecule has 0 nitrogen and oxygen atoms in total. The maximum Gasteiger partial charge on any atom is 0.0409 e. The molecule has 1 fully saturated rings.